The Morgan fingerprint density at radius 2 is 2.20 bits per heavy atom. The second kappa shape index (κ2) is 7.17. The first-order chi connectivity index (χ1) is 9.76. The van der Waals surface area contributed by atoms with Gasteiger partial charge in [-0.25, -0.2) is 4.98 Å². The zero-order chi connectivity index (χ0) is 14.4. The van der Waals surface area contributed by atoms with Gasteiger partial charge in [0.25, 0.3) is 5.56 Å². The van der Waals surface area contributed by atoms with Crippen LogP contribution in [0.3, 0.4) is 0 Å². The first-order valence-corrected chi connectivity index (χ1v) is 6.92. The van der Waals surface area contributed by atoms with Crippen molar-refractivity contribution in [2.24, 2.45) is 0 Å². The third kappa shape index (κ3) is 3.43. The standard InChI is InChI=1S/C15H21N3O2/c1-3-8-16-12(10-20-2)9-18-11-17-14-7-5-4-6-13(14)15(18)19/h4-7,11-12,16H,3,8-10H2,1-2H3. The molecule has 0 radical (unpaired) electrons. The van der Waals surface area contributed by atoms with Gasteiger partial charge < -0.3 is 10.1 Å². The molecule has 0 aliphatic rings. The van der Waals surface area contributed by atoms with E-state index in [0.717, 1.165) is 18.5 Å². The maximum atomic E-state index is 12.4. The highest BCUT2D eigenvalue weighted by Gasteiger charge is 2.11. The summed E-state index contributed by atoms with van der Waals surface area (Å²) in [6.07, 6.45) is 2.66. The number of methoxy groups -OCH3 is 1. The van der Waals surface area contributed by atoms with E-state index in [4.69, 9.17) is 4.74 Å². The lowest BCUT2D eigenvalue weighted by Gasteiger charge is -2.18. The summed E-state index contributed by atoms with van der Waals surface area (Å²) in [6.45, 7) is 4.15. The minimum atomic E-state index is -0.00463. The maximum absolute atomic E-state index is 12.4. The van der Waals surface area contributed by atoms with Gasteiger partial charge in [0.1, 0.15) is 0 Å². The first-order valence-electron chi connectivity index (χ1n) is 6.92. The number of fused-ring (bicyclic) bond motifs is 1. The summed E-state index contributed by atoms with van der Waals surface area (Å²) in [4.78, 5) is 16.7. The van der Waals surface area contributed by atoms with E-state index in [1.807, 2.05) is 24.3 Å². The van der Waals surface area contributed by atoms with Crippen molar-refractivity contribution in [1.82, 2.24) is 14.9 Å². The lowest BCUT2D eigenvalue weighted by Crippen LogP contribution is -2.40. The number of para-hydroxylation sites is 1. The predicted octanol–water partition coefficient (Wildman–Crippen LogP) is 1.41. The van der Waals surface area contributed by atoms with Gasteiger partial charge in [0, 0.05) is 19.7 Å². The second-order valence-corrected chi connectivity index (χ2v) is 4.83. The molecule has 0 aliphatic carbocycles. The Morgan fingerprint density at radius 1 is 1.40 bits per heavy atom. The van der Waals surface area contributed by atoms with Crippen LogP contribution in [0.25, 0.3) is 10.9 Å². The van der Waals surface area contributed by atoms with Crippen molar-refractivity contribution in [3.63, 3.8) is 0 Å². The Kier molecular flexibility index (Phi) is 5.26. The van der Waals surface area contributed by atoms with E-state index in [1.54, 1.807) is 18.0 Å². The zero-order valence-electron chi connectivity index (χ0n) is 12.0. The minimum absolute atomic E-state index is 0.00463. The molecule has 0 spiro atoms. The molecule has 0 aliphatic heterocycles. The number of nitrogens with one attached hydrogen (secondary N) is 1. The number of hydrogen-bond donors (Lipinski definition) is 1. The lowest BCUT2D eigenvalue weighted by molar-refractivity contribution is 0.158. The van der Waals surface area contributed by atoms with Crippen LogP contribution in [0.5, 0.6) is 0 Å². The Bertz CT molecular complexity index is 609. The van der Waals surface area contributed by atoms with Gasteiger partial charge in [0.05, 0.1) is 23.8 Å². The van der Waals surface area contributed by atoms with Crippen LogP contribution < -0.4 is 10.9 Å². The van der Waals surface area contributed by atoms with Crippen molar-refractivity contribution in [2.75, 3.05) is 20.3 Å². The number of ether oxygens (including phenoxy) is 1. The molecule has 0 saturated carbocycles. The molecule has 5 nitrogen and oxygen atoms in total. The van der Waals surface area contributed by atoms with E-state index in [-0.39, 0.29) is 11.6 Å². The van der Waals surface area contributed by atoms with Gasteiger partial charge >= 0.3 is 0 Å². The van der Waals surface area contributed by atoms with Crippen molar-refractivity contribution in [3.05, 3.63) is 40.9 Å². The molecule has 1 atom stereocenters. The number of rotatable bonds is 7. The molecular weight excluding hydrogens is 254 g/mol. The molecule has 1 N–H and O–H groups in total. The van der Waals surface area contributed by atoms with Crippen LogP contribution in [-0.4, -0.2) is 35.9 Å². The second-order valence-electron chi connectivity index (χ2n) is 4.83. The van der Waals surface area contributed by atoms with Crippen molar-refractivity contribution in [2.45, 2.75) is 25.9 Å². The number of hydrogen-bond acceptors (Lipinski definition) is 4. The molecule has 1 heterocycles. The van der Waals surface area contributed by atoms with Crippen LogP contribution in [0.15, 0.2) is 35.4 Å². The summed E-state index contributed by atoms with van der Waals surface area (Å²) in [5, 5.41) is 4.04. The van der Waals surface area contributed by atoms with Gasteiger partial charge in [-0.05, 0) is 25.1 Å². The molecule has 5 heteroatoms. The number of nitrogens with zero attached hydrogens (tertiary/aromatic N) is 2. The normalized spacial score (nSPS) is 12.7. The number of aromatic nitrogens is 2. The fraction of sp³-hybridized carbons (Fsp3) is 0.467. The SMILES string of the molecule is CCCNC(COC)Cn1cnc2ccccc2c1=O. The van der Waals surface area contributed by atoms with Crippen LogP contribution in [0.4, 0.5) is 0 Å². The van der Waals surface area contributed by atoms with Crippen molar-refractivity contribution < 1.29 is 4.74 Å². The zero-order valence-corrected chi connectivity index (χ0v) is 12.0. The average molecular weight is 275 g/mol. The Balaban J connectivity index is 2.23. The fourth-order valence-electron chi connectivity index (χ4n) is 2.20. The largest absolute Gasteiger partial charge is 0.383 e. The lowest BCUT2D eigenvalue weighted by atomic mass is 10.2. The smallest absolute Gasteiger partial charge is 0.261 e. The third-order valence-electron chi connectivity index (χ3n) is 3.20. The average Bonchev–Trinajstić information content (AvgIpc) is 2.48. The molecule has 0 fully saturated rings. The highest BCUT2D eigenvalue weighted by atomic mass is 16.5. The summed E-state index contributed by atoms with van der Waals surface area (Å²) in [5.41, 5.74) is 0.730. The molecule has 1 aromatic carbocycles. The molecule has 2 aromatic rings. The molecule has 0 saturated heterocycles. The van der Waals surface area contributed by atoms with E-state index < -0.39 is 0 Å². The Hall–Kier alpha value is -1.72. The molecule has 0 amide bonds. The molecule has 2 rings (SSSR count). The quantitative estimate of drug-likeness (QED) is 0.830. The molecular formula is C15H21N3O2. The van der Waals surface area contributed by atoms with Gasteiger partial charge in [-0.2, -0.15) is 0 Å². The van der Waals surface area contributed by atoms with E-state index in [9.17, 15) is 4.79 Å². The van der Waals surface area contributed by atoms with Gasteiger partial charge in [0.2, 0.25) is 0 Å². The molecule has 1 aromatic heterocycles. The Morgan fingerprint density at radius 3 is 2.95 bits per heavy atom. The molecule has 108 valence electrons. The Labute approximate surface area is 118 Å². The fourth-order valence-corrected chi connectivity index (χ4v) is 2.20. The van der Waals surface area contributed by atoms with Gasteiger partial charge in [0.15, 0.2) is 0 Å². The van der Waals surface area contributed by atoms with Crippen molar-refractivity contribution in [1.29, 1.82) is 0 Å². The molecule has 0 bridgehead atoms. The van der Waals surface area contributed by atoms with Crippen LogP contribution >= 0.6 is 0 Å². The van der Waals surface area contributed by atoms with E-state index >= 15 is 0 Å². The summed E-state index contributed by atoms with van der Waals surface area (Å²) in [5.74, 6) is 0. The van der Waals surface area contributed by atoms with Gasteiger partial charge in [-0.1, -0.05) is 19.1 Å². The summed E-state index contributed by atoms with van der Waals surface area (Å²) < 4.78 is 6.85. The van der Waals surface area contributed by atoms with Gasteiger partial charge in [-0.15, -0.1) is 0 Å². The first kappa shape index (κ1) is 14.7. The summed E-state index contributed by atoms with van der Waals surface area (Å²) in [6, 6.07) is 7.52. The van der Waals surface area contributed by atoms with Gasteiger partial charge in [-0.3, -0.25) is 9.36 Å². The van der Waals surface area contributed by atoms with Crippen molar-refractivity contribution >= 4 is 10.9 Å². The van der Waals surface area contributed by atoms with E-state index in [0.29, 0.717) is 18.5 Å². The van der Waals surface area contributed by atoms with E-state index in [2.05, 4.69) is 17.2 Å². The minimum Gasteiger partial charge on any atom is -0.383 e. The topological polar surface area (TPSA) is 56.1 Å². The van der Waals surface area contributed by atoms with Crippen LogP contribution in [-0.2, 0) is 11.3 Å². The third-order valence-corrected chi connectivity index (χ3v) is 3.20. The maximum Gasteiger partial charge on any atom is 0.261 e. The van der Waals surface area contributed by atoms with Crippen molar-refractivity contribution in [3.8, 4) is 0 Å². The monoisotopic (exact) mass is 275 g/mol. The molecule has 1 unspecified atom stereocenters. The highest BCUT2D eigenvalue weighted by Crippen LogP contribution is 2.05. The van der Waals surface area contributed by atoms with Crippen LogP contribution in [0.2, 0.25) is 0 Å². The van der Waals surface area contributed by atoms with Crippen LogP contribution in [0, 0.1) is 0 Å². The highest BCUT2D eigenvalue weighted by molar-refractivity contribution is 5.76. The summed E-state index contributed by atoms with van der Waals surface area (Å²) >= 11 is 0. The van der Waals surface area contributed by atoms with Crippen LogP contribution in [0.1, 0.15) is 13.3 Å². The molecule has 20 heavy (non-hydrogen) atoms. The van der Waals surface area contributed by atoms with E-state index in [1.165, 1.54) is 0 Å². The summed E-state index contributed by atoms with van der Waals surface area (Å²) in [7, 11) is 1.67. The number of benzene rings is 1. The predicted molar refractivity (Wildman–Crippen MR) is 80.0 cm³/mol.